The molecule has 0 bridgehead atoms. The van der Waals surface area contributed by atoms with E-state index in [2.05, 4.69) is 31.7 Å². The topological polar surface area (TPSA) is 21.7 Å². The predicted octanol–water partition coefficient (Wildman–Crippen LogP) is 2.66. The Morgan fingerprint density at radius 2 is 1.75 bits per heavy atom. The molecule has 0 fully saturated rings. The highest BCUT2D eigenvalue weighted by atomic mass is 16.5. The number of nitrogens with zero attached hydrogens (tertiary/aromatic N) is 1. The number of hydrogen-bond acceptors (Lipinski definition) is 3. The van der Waals surface area contributed by atoms with Crippen LogP contribution in [0.4, 0.5) is 5.69 Å². The molecule has 0 N–H and O–H groups in total. The van der Waals surface area contributed by atoms with E-state index in [0.717, 1.165) is 5.75 Å². The fourth-order valence-electron chi connectivity index (χ4n) is 2.09. The lowest BCUT2D eigenvalue weighted by atomic mass is 10.0. The Labute approximate surface area is 98.0 Å². The molecule has 0 heterocycles. The standard InChI is InChI=1S/C13H21NO2/c1-9-7-12(16-6)10(2)11(3)13(9)14(4)8-15-5/h7H,8H2,1-6H3. The summed E-state index contributed by atoms with van der Waals surface area (Å²) in [5, 5.41) is 0. The zero-order valence-corrected chi connectivity index (χ0v) is 11.0. The molecule has 3 nitrogen and oxygen atoms in total. The molecule has 0 saturated carbocycles. The molecule has 16 heavy (non-hydrogen) atoms. The molecule has 1 aromatic carbocycles. The van der Waals surface area contributed by atoms with Gasteiger partial charge in [0.25, 0.3) is 0 Å². The van der Waals surface area contributed by atoms with E-state index >= 15 is 0 Å². The van der Waals surface area contributed by atoms with Gasteiger partial charge in [-0.1, -0.05) is 0 Å². The summed E-state index contributed by atoms with van der Waals surface area (Å²) in [5.74, 6) is 0.949. The van der Waals surface area contributed by atoms with Crippen molar-refractivity contribution in [3.63, 3.8) is 0 Å². The number of anilines is 1. The number of ether oxygens (including phenoxy) is 2. The minimum Gasteiger partial charge on any atom is -0.496 e. The summed E-state index contributed by atoms with van der Waals surface area (Å²) < 4.78 is 10.5. The van der Waals surface area contributed by atoms with Gasteiger partial charge in [-0.3, -0.25) is 0 Å². The van der Waals surface area contributed by atoms with Crippen LogP contribution >= 0.6 is 0 Å². The minimum absolute atomic E-state index is 0.591. The van der Waals surface area contributed by atoms with E-state index < -0.39 is 0 Å². The van der Waals surface area contributed by atoms with Crippen LogP contribution in [0.1, 0.15) is 16.7 Å². The summed E-state index contributed by atoms with van der Waals surface area (Å²) in [6, 6.07) is 2.07. The third-order valence-corrected chi connectivity index (χ3v) is 2.93. The summed E-state index contributed by atoms with van der Waals surface area (Å²) >= 11 is 0. The van der Waals surface area contributed by atoms with Crippen molar-refractivity contribution < 1.29 is 9.47 Å². The summed E-state index contributed by atoms with van der Waals surface area (Å²) in [4.78, 5) is 2.11. The molecule has 0 aliphatic carbocycles. The van der Waals surface area contributed by atoms with Crippen molar-refractivity contribution in [2.75, 3.05) is 32.9 Å². The molecule has 90 valence electrons. The monoisotopic (exact) mass is 223 g/mol. The lowest BCUT2D eigenvalue weighted by Crippen LogP contribution is -2.22. The number of benzene rings is 1. The molecule has 0 aliphatic rings. The normalized spacial score (nSPS) is 10.4. The van der Waals surface area contributed by atoms with Crippen LogP contribution in [-0.4, -0.2) is 28.0 Å². The molecule has 0 aromatic heterocycles. The molecule has 0 radical (unpaired) electrons. The van der Waals surface area contributed by atoms with E-state index in [1.807, 2.05) is 7.05 Å². The summed E-state index contributed by atoms with van der Waals surface area (Å²) in [6.45, 7) is 6.88. The third-order valence-electron chi connectivity index (χ3n) is 2.93. The summed E-state index contributed by atoms with van der Waals surface area (Å²) in [6.07, 6.45) is 0. The Morgan fingerprint density at radius 3 is 2.25 bits per heavy atom. The van der Waals surface area contributed by atoms with Gasteiger partial charge in [0.1, 0.15) is 12.5 Å². The Hall–Kier alpha value is -1.22. The highest BCUT2D eigenvalue weighted by molar-refractivity contribution is 5.64. The van der Waals surface area contributed by atoms with Gasteiger partial charge in [0, 0.05) is 19.8 Å². The maximum absolute atomic E-state index is 5.35. The van der Waals surface area contributed by atoms with Crippen LogP contribution in [0.25, 0.3) is 0 Å². The van der Waals surface area contributed by atoms with Crippen molar-refractivity contribution in [1.29, 1.82) is 0 Å². The van der Waals surface area contributed by atoms with Crippen LogP contribution < -0.4 is 9.64 Å². The second kappa shape index (κ2) is 5.21. The van der Waals surface area contributed by atoms with Gasteiger partial charge in [0.15, 0.2) is 0 Å². The zero-order chi connectivity index (χ0) is 12.3. The summed E-state index contributed by atoms with van der Waals surface area (Å²) in [7, 11) is 5.45. The van der Waals surface area contributed by atoms with Gasteiger partial charge in [-0.25, -0.2) is 0 Å². The van der Waals surface area contributed by atoms with E-state index in [-0.39, 0.29) is 0 Å². The molecule has 1 rings (SSSR count). The smallest absolute Gasteiger partial charge is 0.122 e. The van der Waals surface area contributed by atoms with E-state index in [0.29, 0.717) is 6.73 Å². The van der Waals surface area contributed by atoms with Crippen molar-refractivity contribution >= 4 is 5.69 Å². The molecule has 0 aliphatic heterocycles. The molecular formula is C13H21NO2. The Morgan fingerprint density at radius 1 is 1.12 bits per heavy atom. The molecular weight excluding hydrogens is 202 g/mol. The number of rotatable bonds is 4. The Kier molecular flexibility index (Phi) is 4.19. The van der Waals surface area contributed by atoms with Gasteiger partial charge in [0.05, 0.1) is 7.11 Å². The van der Waals surface area contributed by atoms with Crippen molar-refractivity contribution in [2.24, 2.45) is 0 Å². The van der Waals surface area contributed by atoms with Gasteiger partial charge < -0.3 is 14.4 Å². The van der Waals surface area contributed by atoms with Gasteiger partial charge in [-0.2, -0.15) is 0 Å². The minimum atomic E-state index is 0.591. The molecule has 3 heteroatoms. The van der Waals surface area contributed by atoms with Crippen LogP contribution in [0.15, 0.2) is 6.07 Å². The van der Waals surface area contributed by atoms with E-state index in [9.17, 15) is 0 Å². The lowest BCUT2D eigenvalue weighted by molar-refractivity contribution is 0.202. The quantitative estimate of drug-likeness (QED) is 0.732. The lowest BCUT2D eigenvalue weighted by Gasteiger charge is -2.24. The average Bonchev–Trinajstić information content (AvgIpc) is 2.24. The number of methoxy groups -OCH3 is 2. The number of aryl methyl sites for hydroxylation is 1. The van der Waals surface area contributed by atoms with Gasteiger partial charge >= 0.3 is 0 Å². The fourth-order valence-corrected chi connectivity index (χ4v) is 2.09. The first-order chi connectivity index (χ1) is 7.52. The molecule has 0 amide bonds. The Bertz CT molecular complexity index is 375. The second-order valence-electron chi connectivity index (χ2n) is 4.11. The van der Waals surface area contributed by atoms with E-state index in [1.165, 1.54) is 22.4 Å². The van der Waals surface area contributed by atoms with Crippen LogP contribution in [-0.2, 0) is 4.74 Å². The SMILES string of the molecule is COCN(C)c1c(C)cc(OC)c(C)c1C. The maximum atomic E-state index is 5.35. The van der Waals surface area contributed by atoms with E-state index in [4.69, 9.17) is 9.47 Å². The first-order valence-corrected chi connectivity index (χ1v) is 5.37. The largest absolute Gasteiger partial charge is 0.496 e. The van der Waals surface area contributed by atoms with Crippen LogP contribution in [0.5, 0.6) is 5.75 Å². The van der Waals surface area contributed by atoms with Gasteiger partial charge in [-0.05, 0) is 43.5 Å². The maximum Gasteiger partial charge on any atom is 0.122 e. The van der Waals surface area contributed by atoms with Gasteiger partial charge in [0.2, 0.25) is 0 Å². The van der Waals surface area contributed by atoms with Crippen LogP contribution in [0.2, 0.25) is 0 Å². The molecule has 0 atom stereocenters. The molecule has 0 spiro atoms. The predicted molar refractivity (Wildman–Crippen MR) is 67.5 cm³/mol. The summed E-state index contributed by atoms with van der Waals surface area (Å²) in [5.41, 5.74) is 4.86. The van der Waals surface area contributed by atoms with Crippen molar-refractivity contribution in [3.05, 3.63) is 22.8 Å². The van der Waals surface area contributed by atoms with E-state index in [1.54, 1.807) is 14.2 Å². The van der Waals surface area contributed by atoms with Crippen molar-refractivity contribution in [3.8, 4) is 5.75 Å². The fraction of sp³-hybridized carbons (Fsp3) is 0.538. The molecule has 0 unspecified atom stereocenters. The van der Waals surface area contributed by atoms with Gasteiger partial charge in [-0.15, -0.1) is 0 Å². The third kappa shape index (κ3) is 2.30. The van der Waals surface area contributed by atoms with Crippen molar-refractivity contribution in [2.45, 2.75) is 20.8 Å². The highest BCUT2D eigenvalue weighted by Gasteiger charge is 2.13. The Balaban J connectivity index is 3.24. The highest BCUT2D eigenvalue weighted by Crippen LogP contribution is 2.32. The first kappa shape index (κ1) is 12.8. The van der Waals surface area contributed by atoms with Crippen LogP contribution in [0, 0.1) is 20.8 Å². The van der Waals surface area contributed by atoms with Crippen LogP contribution in [0.3, 0.4) is 0 Å². The first-order valence-electron chi connectivity index (χ1n) is 5.37. The molecule has 0 saturated heterocycles. The molecule has 1 aromatic rings. The number of hydrogen-bond donors (Lipinski definition) is 0. The average molecular weight is 223 g/mol. The zero-order valence-electron chi connectivity index (χ0n) is 11.0. The van der Waals surface area contributed by atoms with Crippen molar-refractivity contribution in [1.82, 2.24) is 0 Å². The second-order valence-corrected chi connectivity index (χ2v) is 4.11.